The van der Waals surface area contributed by atoms with E-state index in [1.807, 2.05) is 17.9 Å². The molecule has 0 aliphatic carbocycles. The van der Waals surface area contributed by atoms with Crippen molar-refractivity contribution in [3.63, 3.8) is 0 Å². The Labute approximate surface area is 218 Å². The van der Waals surface area contributed by atoms with Crippen molar-refractivity contribution in [3.05, 3.63) is 48.0 Å². The van der Waals surface area contributed by atoms with Gasteiger partial charge < -0.3 is 19.3 Å². The van der Waals surface area contributed by atoms with Crippen LogP contribution in [0.4, 0.5) is 9.52 Å². The molecule has 196 valence electrons. The zero-order chi connectivity index (χ0) is 26.2. The maximum absolute atomic E-state index is 14.4. The van der Waals surface area contributed by atoms with E-state index in [0.29, 0.717) is 31.8 Å². The number of hydrogen-bond donors (Lipinski definition) is 0. The second-order valence-corrected chi connectivity index (χ2v) is 11.8. The largest absolute Gasteiger partial charge is 0.477 e. The Morgan fingerprint density at radius 2 is 1.89 bits per heavy atom. The number of pyridine rings is 1. The number of aromatic nitrogens is 3. The molecule has 3 aromatic rings. The van der Waals surface area contributed by atoms with E-state index in [4.69, 9.17) is 9.47 Å². The van der Waals surface area contributed by atoms with E-state index in [-0.39, 0.29) is 28.6 Å². The zero-order valence-electron chi connectivity index (χ0n) is 20.3. The fourth-order valence-corrected chi connectivity index (χ4v) is 5.81. The third-order valence-electron chi connectivity index (χ3n) is 6.52. The van der Waals surface area contributed by atoms with Crippen molar-refractivity contribution in [2.24, 2.45) is 0 Å². The SMILES string of the molecule is Cc1ncccc1Oc1nsc(N2CCC(N3CC[C@H](Oc4ccc(S(C)(=O)=O)cc4F)C3=O)CC2)n1. The Morgan fingerprint density at radius 3 is 2.59 bits per heavy atom. The lowest BCUT2D eigenvalue weighted by molar-refractivity contribution is -0.135. The van der Waals surface area contributed by atoms with Crippen LogP contribution in [0.15, 0.2) is 41.4 Å². The Hall–Kier alpha value is -3.32. The normalized spacial score (nSPS) is 18.9. The summed E-state index contributed by atoms with van der Waals surface area (Å²) < 4.78 is 53.4. The molecule has 0 N–H and O–H groups in total. The molecule has 2 fully saturated rings. The number of nitrogens with zero attached hydrogens (tertiary/aromatic N) is 5. The molecular weight excluding hydrogens is 521 g/mol. The number of aryl methyl sites for hydroxylation is 1. The smallest absolute Gasteiger partial charge is 0.335 e. The van der Waals surface area contributed by atoms with E-state index in [0.717, 1.165) is 36.0 Å². The summed E-state index contributed by atoms with van der Waals surface area (Å²) in [6, 6.07) is 7.40. The highest BCUT2D eigenvalue weighted by Crippen LogP contribution is 2.31. The van der Waals surface area contributed by atoms with E-state index in [1.165, 1.54) is 23.7 Å². The molecule has 13 heteroatoms. The van der Waals surface area contributed by atoms with Gasteiger partial charge in [0.05, 0.1) is 10.6 Å². The molecule has 4 heterocycles. The second kappa shape index (κ2) is 10.2. The van der Waals surface area contributed by atoms with Crippen molar-refractivity contribution >= 4 is 32.4 Å². The summed E-state index contributed by atoms with van der Waals surface area (Å²) in [5.41, 5.74) is 0.755. The average molecular weight is 548 g/mol. The molecule has 0 spiro atoms. The molecule has 1 amide bonds. The number of likely N-dealkylation sites (tertiary alicyclic amines) is 1. The second-order valence-electron chi connectivity index (χ2n) is 9.06. The summed E-state index contributed by atoms with van der Waals surface area (Å²) in [6.45, 7) is 3.80. The van der Waals surface area contributed by atoms with Gasteiger partial charge in [0, 0.05) is 56.1 Å². The van der Waals surface area contributed by atoms with Crippen LogP contribution in [0.2, 0.25) is 0 Å². The number of halogens is 1. The monoisotopic (exact) mass is 547 g/mol. The van der Waals surface area contributed by atoms with E-state index in [1.54, 1.807) is 12.3 Å². The summed E-state index contributed by atoms with van der Waals surface area (Å²) in [4.78, 5) is 25.5. The first kappa shape index (κ1) is 25.3. The number of carbonyl (C=O) groups excluding carboxylic acids is 1. The first-order valence-electron chi connectivity index (χ1n) is 11.8. The number of carbonyl (C=O) groups is 1. The van der Waals surface area contributed by atoms with Crippen LogP contribution >= 0.6 is 11.5 Å². The van der Waals surface area contributed by atoms with Gasteiger partial charge in [-0.3, -0.25) is 9.78 Å². The van der Waals surface area contributed by atoms with Gasteiger partial charge in [-0.15, -0.1) is 4.37 Å². The fraction of sp³-hybridized carbons (Fsp3) is 0.417. The number of piperidine rings is 1. The molecule has 2 aliphatic rings. The lowest BCUT2D eigenvalue weighted by Crippen LogP contribution is -2.47. The minimum Gasteiger partial charge on any atom is -0.477 e. The molecule has 1 aromatic carbocycles. The minimum absolute atomic E-state index is 0.0523. The third-order valence-corrected chi connectivity index (χ3v) is 8.39. The summed E-state index contributed by atoms with van der Waals surface area (Å²) in [6.07, 6.45) is 3.86. The van der Waals surface area contributed by atoms with Crippen LogP contribution in [0.1, 0.15) is 25.0 Å². The number of rotatable bonds is 7. The van der Waals surface area contributed by atoms with Gasteiger partial charge in [0.25, 0.3) is 5.91 Å². The Bertz CT molecular complexity index is 1410. The minimum atomic E-state index is -3.53. The van der Waals surface area contributed by atoms with Crippen molar-refractivity contribution in [1.29, 1.82) is 0 Å². The molecule has 0 bridgehead atoms. The predicted molar refractivity (Wildman–Crippen MR) is 134 cm³/mol. The molecular formula is C24H26FN5O5S2. The van der Waals surface area contributed by atoms with Gasteiger partial charge in [0.1, 0.15) is 0 Å². The van der Waals surface area contributed by atoms with Gasteiger partial charge in [-0.1, -0.05) is 0 Å². The number of anilines is 1. The van der Waals surface area contributed by atoms with Crippen molar-refractivity contribution in [2.75, 3.05) is 30.8 Å². The molecule has 2 aliphatic heterocycles. The summed E-state index contributed by atoms with van der Waals surface area (Å²) in [5.74, 6) is -0.496. The lowest BCUT2D eigenvalue weighted by atomic mass is 10.0. The van der Waals surface area contributed by atoms with Crippen molar-refractivity contribution in [3.8, 4) is 17.5 Å². The highest BCUT2D eigenvalue weighted by Gasteiger charge is 2.39. The van der Waals surface area contributed by atoms with Gasteiger partial charge in [0.15, 0.2) is 33.3 Å². The maximum Gasteiger partial charge on any atom is 0.335 e. The van der Waals surface area contributed by atoms with Gasteiger partial charge in [0.2, 0.25) is 5.13 Å². The number of benzene rings is 1. The van der Waals surface area contributed by atoms with Gasteiger partial charge in [-0.25, -0.2) is 12.8 Å². The van der Waals surface area contributed by atoms with E-state index in [2.05, 4.69) is 19.2 Å². The number of amides is 1. The van der Waals surface area contributed by atoms with Crippen molar-refractivity contribution in [2.45, 2.75) is 43.2 Å². The molecule has 2 aromatic heterocycles. The first-order valence-corrected chi connectivity index (χ1v) is 14.5. The molecule has 0 unspecified atom stereocenters. The third kappa shape index (κ3) is 5.52. The quantitative estimate of drug-likeness (QED) is 0.440. The topological polar surface area (TPSA) is 115 Å². The number of sulfone groups is 1. The fourth-order valence-electron chi connectivity index (χ4n) is 4.52. The maximum atomic E-state index is 14.4. The Balaban J connectivity index is 1.16. The molecule has 37 heavy (non-hydrogen) atoms. The van der Waals surface area contributed by atoms with Crippen LogP contribution in [-0.2, 0) is 14.6 Å². The highest BCUT2D eigenvalue weighted by molar-refractivity contribution is 7.90. The average Bonchev–Trinajstić information content (AvgIpc) is 3.48. The van der Waals surface area contributed by atoms with Crippen LogP contribution in [0.25, 0.3) is 0 Å². The van der Waals surface area contributed by atoms with E-state index in [9.17, 15) is 17.6 Å². The Morgan fingerprint density at radius 1 is 1.11 bits per heavy atom. The van der Waals surface area contributed by atoms with Gasteiger partial charge >= 0.3 is 6.01 Å². The first-order chi connectivity index (χ1) is 17.7. The van der Waals surface area contributed by atoms with E-state index >= 15 is 0 Å². The zero-order valence-corrected chi connectivity index (χ0v) is 22.0. The molecule has 0 radical (unpaired) electrons. The molecule has 10 nitrogen and oxygen atoms in total. The summed E-state index contributed by atoms with van der Waals surface area (Å²) in [7, 11) is -3.53. The van der Waals surface area contributed by atoms with Crippen LogP contribution in [0.3, 0.4) is 0 Å². The van der Waals surface area contributed by atoms with E-state index < -0.39 is 21.8 Å². The standard InChI is InChI=1S/C24H26FN5O5S2/c1-15-19(4-3-10-26-15)35-23-27-24(36-28-23)29-11-7-16(8-12-29)30-13-9-21(22(30)31)34-20-6-5-17(14-18(20)25)37(2,32)33/h3-6,10,14,16,21H,7-9,11-13H2,1-2H3/t21-/m0/s1. The van der Waals surface area contributed by atoms with Gasteiger partial charge in [-0.2, -0.15) is 4.98 Å². The van der Waals surface area contributed by atoms with Crippen molar-refractivity contribution in [1.82, 2.24) is 19.2 Å². The summed E-state index contributed by atoms with van der Waals surface area (Å²) >= 11 is 1.27. The Kier molecular flexibility index (Phi) is 6.99. The van der Waals surface area contributed by atoms with Crippen LogP contribution in [-0.4, -0.2) is 71.6 Å². The summed E-state index contributed by atoms with van der Waals surface area (Å²) in [5, 5.41) is 0.761. The highest BCUT2D eigenvalue weighted by atomic mass is 32.2. The lowest BCUT2D eigenvalue weighted by Gasteiger charge is -2.36. The van der Waals surface area contributed by atoms with Crippen LogP contribution in [0.5, 0.6) is 17.5 Å². The van der Waals surface area contributed by atoms with Crippen molar-refractivity contribution < 1.29 is 27.1 Å². The molecule has 0 saturated carbocycles. The van der Waals surface area contributed by atoms with Crippen LogP contribution in [0, 0.1) is 12.7 Å². The number of hydrogen-bond acceptors (Lipinski definition) is 10. The molecule has 5 rings (SSSR count). The predicted octanol–water partition coefficient (Wildman–Crippen LogP) is 3.23. The molecule has 1 atom stereocenters. The molecule has 2 saturated heterocycles. The van der Waals surface area contributed by atoms with Gasteiger partial charge in [-0.05, 0) is 50.1 Å². The number of ether oxygens (including phenoxy) is 2. The van der Waals surface area contributed by atoms with Crippen LogP contribution < -0.4 is 14.4 Å².